The Morgan fingerprint density at radius 2 is 1.71 bits per heavy atom. The number of ether oxygens (including phenoxy) is 3. The summed E-state index contributed by atoms with van der Waals surface area (Å²) in [7, 11) is 1.64. The first kappa shape index (κ1) is 25.2. The van der Waals surface area contributed by atoms with Gasteiger partial charge in [0.1, 0.15) is 12.4 Å². The Morgan fingerprint density at radius 3 is 2.37 bits per heavy atom. The van der Waals surface area contributed by atoms with Gasteiger partial charge in [-0.3, -0.25) is 4.79 Å². The molecule has 0 saturated heterocycles. The highest BCUT2D eigenvalue weighted by Crippen LogP contribution is 2.46. The summed E-state index contributed by atoms with van der Waals surface area (Å²) < 4.78 is 17.1. The van der Waals surface area contributed by atoms with Gasteiger partial charge in [-0.25, -0.2) is 4.79 Å². The molecule has 1 aliphatic carbocycles. The summed E-state index contributed by atoms with van der Waals surface area (Å²) in [5, 5.41) is 3.39. The molecule has 0 saturated carbocycles. The van der Waals surface area contributed by atoms with Crippen molar-refractivity contribution in [2.75, 3.05) is 26.9 Å². The van der Waals surface area contributed by atoms with E-state index in [1.807, 2.05) is 62.4 Å². The second kappa shape index (κ2) is 11.2. The topological polar surface area (TPSA) is 73.9 Å². The largest absolute Gasteiger partial charge is 0.497 e. The minimum atomic E-state index is -0.483. The van der Waals surface area contributed by atoms with E-state index in [-0.39, 0.29) is 18.3 Å². The van der Waals surface area contributed by atoms with E-state index in [0.29, 0.717) is 42.9 Å². The summed E-state index contributed by atoms with van der Waals surface area (Å²) in [5.74, 6) is -0.0343. The van der Waals surface area contributed by atoms with Crippen LogP contribution in [0.4, 0.5) is 0 Å². The molecule has 2 aromatic rings. The number of allylic oxidation sites excluding steroid dienone is 3. The Balaban J connectivity index is 1.69. The molecule has 0 bridgehead atoms. The zero-order valence-corrected chi connectivity index (χ0v) is 21.8. The molecule has 0 radical (unpaired) electrons. The zero-order valence-electron chi connectivity index (χ0n) is 20.2. The number of methoxy groups -OCH3 is 1. The van der Waals surface area contributed by atoms with Crippen LogP contribution in [0, 0.1) is 0 Å². The smallest absolute Gasteiger partial charge is 0.336 e. The van der Waals surface area contributed by atoms with Crippen molar-refractivity contribution in [3.63, 3.8) is 0 Å². The lowest BCUT2D eigenvalue weighted by Gasteiger charge is -2.36. The predicted octanol–water partition coefficient (Wildman–Crippen LogP) is 5.40. The van der Waals surface area contributed by atoms with Gasteiger partial charge in [0.05, 0.1) is 19.3 Å². The first-order chi connectivity index (χ1) is 16.9. The molecule has 2 aliphatic rings. The Bertz CT molecular complexity index is 1150. The molecular formula is C28H30BrNO5. The van der Waals surface area contributed by atoms with E-state index in [1.54, 1.807) is 7.11 Å². The number of dihydropyridines is 1. The van der Waals surface area contributed by atoms with Gasteiger partial charge in [0, 0.05) is 40.4 Å². The summed E-state index contributed by atoms with van der Waals surface area (Å²) in [6, 6.07) is 15.6. The summed E-state index contributed by atoms with van der Waals surface area (Å²) in [6.45, 7) is 4.82. The van der Waals surface area contributed by atoms with E-state index in [0.717, 1.165) is 27.0 Å². The minimum Gasteiger partial charge on any atom is -0.497 e. The van der Waals surface area contributed by atoms with Crippen molar-refractivity contribution in [2.45, 2.75) is 38.5 Å². The normalized spacial score (nSPS) is 19.8. The highest BCUT2D eigenvalue weighted by Gasteiger charge is 2.41. The van der Waals surface area contributed by atoms with E-state index in [9.17, 15) is 9.59 Å². The first-order valence-corrected chi connectivity index (χ1v) is 12.6. The van der Waals surface area contributed by atoms with Crippen LogP contribution in [0.25, 0.3) is 0 Å². The van der Waals surface area contributed by atoms with Crippen molar-refractivity contribution in [1.29, 1.82) is 0 Å². The average Bonchev–Trinajstić information content (AvgIpc) is 2.86. The Kier molecular flexibility index (Phi) is 8.08. The van der Waals surface area contributed by atoms with Gasteiger partial charge < -0.3 is 19.5 Å². The molecule has 0 spiro atoms. The zero-order chi connectivity index (χ0) is 24.9. The number of ketones is 1. The fourth-order valence-corrected chi connectivity index (χ4v) is 5.09. The van der Waals surface area contributed by atoms with Gasteiger partial charge in [-0.05, 0) is 61.6 Å². The third-order valence-corrected chi connectivity index (χ3v) is 7.03. The average molecular weight is 540 g/mol. The predicted molar refractivity (Wildman–Crippen MR) is 137 cm³/mol. The van der Waals surface area contributed by atoms with Crippen LogP contribution in [-0.4, -0.2) is 38.7 Å². The summed E-state index contributed by atoms with van der Waals surface area (Å²) in [4.78, 5) is 26.9. The number of carbonyl (C=O) groups excluding carboxylic acids is 2. The second-order valence-electron chi connectivity index (χ2n) is 8.67. The standard InChI is InChI=1S/C28H30BrNO5/c1-4-34-13-14-35-28(32)25-17(2)30-23-15-20(18-7-11-22(33-3)12-8-18)16-24(31)27(23)26(25)19-5-9-21(29)10-6-19/h5-12,20,26,30H,4,13-16H2,1-3H3/t20-,26-/m0/s1. The van der Waals surface area contributed by atoms with Crippen molar-refractivity contribution >= 4 is 27.7 Å². The third kappa shape index (κ3) is 5.52. The number of benzene rings is 2. The Morgan fingerprint density at radius 1 is 1.03 bits per heavy atom. The molecule has 6 nitrogen and oxygen atoms in total. The van der Waals surface area contributed by atoms with Crippen LogP contribution in [0.5, 0.6) is 5.75 Å². The number of halogens is 1. The quantitative estimate of drug-likeness (QED) is 0.357. The van der Waals surface area contributed by atoms with Crippen molar-refractivity contribution in [3.8, 4) is 5.75 Å². The van der Waals surface area contributed by atoms with Crippen molar-refractivity contribution in [3.05, 3.63) is 86.7 Å². The first-order valence-electron chi connectivity index (χ1n) is 11.8. The number of rotatable bonds is 8. The van der Waals surface area contributed by atoms with E-state index >= 15 is 0 Å². The summed E-state index contributed by atoms with van der Waals surface area (Å²) >= 11 is 3.48. The summed E-state index contributed by atoms with van der Waals surface area (Å²) in [6.07, 6.45) is 1.07. The lowest BCUT2D eigenvalue weighted by atomic mass is 9.72. The van der Waals surface area contributed by atoms with Gasteiger partial charge in [-0.15, -0.1) is 0 Å². The van der Waals surface area contributed by atoms with E-state index < -0.39 is 11.9 Å². The molecule has 2 atom stereocenters. The fourth-order valence-electron chi connectivity index (χ4n) is 4.83. The molecule has 0 fully saturated rings. The maximum absolute atomic E-state index is 13.6. The number of nitrogens with one attached hydrogen (secondary N) is 1. The molecule has 2 aromatic carbocycles. The summed E-state index contributed by atoms with van der Waals surface area (Å²) in [5.41, 5.74) is 4.68. The van der Waals surface area contributed by atoms with Crippen LogP contribution in [0.2, 0.25) is 0 Å². The lowest BCUT2D eigenvalue weighted by Crippen LogP contribution is -2.36. The number of esters is 1. The molecular weight excluding hydrogens is 510 g/mol. The van der Waals surface area contributed by atoms with Gasteiger partial charge in [0.2, 0.25) is 0 Å². The van der Waals surface area contributed by atoms with Crippen molar-refractivity contribution < 1.29 is 23.8 Å². The lowest BCUT2D eigenvalue weighted by molar-refractivity contribution is -0.140. The number of hydrogen-bond acceptors (Lipinski definition) is 6. The molecule has 4 rings (SSSR count). The van der Waals surface area contributed by atoms with Crippen molar-refractivity contribution in [1.82, 2.24) is 5.32 Å². The number of carbonyl (C=O) groups is 2. The van der Waals surface area contributed by atoms with Crippen LogP contribution in [0.3, 0.4) is 0 Å². The Labute approximate surface area is 214 Å². The Hall–Kier alpha value is -2.90. The van der Waals surface area contributed by atoms with E-state index in [1.165, 1.54) is 0 Å². The van der Waals surface area contributed by atoms with Gasteiger partial charge in [-0.1, -0.05) is 40.2 Å². The monoisotopic (exact) mass is 539 g/mol. The van der Waals surface area contributed by atoms with Crippen LogP contribution in [0.15, 0.2) is 75.5 Å². The molecule has 7 heteroatoms. The van der Waals surface area contributed by atoms with Crippen molar-refractivity contribution in [2.24, 2.45) is 0 Å². The third-order valence-electron chi connectivity index (χ3n) is 6.50. The van der Waals surface area contributed by atoms with E-state index in [2.05, 4.69) is 21.2 Å². The van der Waals surface area contributed by atoms with Gasteiger partial charge in [0.15, 0.2) is 5.78 Å². The van der Waals surface area contributed by atoms with Crippen LogP contribution in [0.1, 0.15) is 49.7 Å². The van der Waals surface area contributed by atoms with Gasteiger partial charge in [-0.2, -0.15) is 0 Å². The van der Waals surface area contributed by atoms with Crippen LogP contribution in [-0.2, 0) is 19.1 Å². The highest BCUT2D eigenvalue weighted by atomic mass is 79.9. The number of Topliss-reactive ketones (excluding diaryl/α,β-unsaturated/α-hetero) is 1. The second-order valence-corrected chi connectivity index (χ2v) is 9.59. The molecule has 0 aromatic heterocycles. The molecule has 35 heavy (non-hydrogen) atoms. The SMILES string of the molecule is CCOCCOC(=O)C1=C(C)NC2=C(C(=O)C[C@@H](c3ccc(OC)cc3)C2)[C@H]1c1ccc(Br)cc1. The minimum absolute atomic E-state index is 0.0413. The molecule has 184 valence electrons. The molecule has 1 heterocycles. The molecule has 0 amide bonds. The van der Waals surface area contributed by atoms with Gasteiger partial charge >= 0.3 is 5.97 Å². The highest BCUT2D eigenvalue weighted by molar-refractivity contribution is 9.10. The number of hydrogen-bond donors (Lipinski definition) is 1. The van der Waals surface area contributed by atoms with Crippen LogP contribution < -0.4 is 10.1 Å². The maximum atomic E-state index is 13.6. The van der Waals surface area contributed by atoms with E-state index in [4.69, 9.17) is 14.2 Å². The van der Waals surface area contributed by atoms with Gasteiger partial charge in [0.25, 0.3) is 0 Å². The fraction of sp³-hybridized carbons (Fsp3) is 0.357. The van der Waals surface area contributed by atoms with Crippen LogP contribution >= 0.6 is 15.9 Å². The maximum Gasteiger partial charge on any atom is 0.336 e. The molecule has 0 unspecified atom stereocenters. The molecule has 1 aliphatic heterocycles. The molecule has 1 N–H and O–H groups in total.